The van der Waals surface area contributed by atoms with E-state index in [4.69, 9.17) is 20.8 Å². The van der Waals surface area contributed by atoms with Crippen LogP contribution in [0, 0.1) is 5.82 Å². The van der Waals surface area contributed by atoms with Gasteiger partial charge in [0.25, 0.3) is 5.91 Å². The molecule has 3 aromatic carbocycles. The van der Waals surface area contributed by atoms with E-state index >= 15 is 0 Å². The third-order valence-electron chi connectivity index (χ3n) is 4.45. The maximum atomic E-state index is 13.2. The zero-order valence-electron chi connectivity index (χ0n) is 15.9. The number of rotatable bonds is 5. The molecule has 0 atom stereocenters. The SMILES string of the molecule is COc1ccc(Cl)cc1NC(=O)c1ccccc1-c1ncc(-c2ccc(F)cc2)o1. The summed E-state index contributed by atoms with van der Waals surface area (Å²) in [5.74, 6) is 0.527. The molecular formula is C23H16ClFN2O3. The molecule has 150 valence electrons. The average Bonchev–Trinajstić information content (AvgIpc) is 3.24. The second kappa shape index (κ2) is 8.39. The highest BCUT2D eigenvalue weighted by Crippen LogP contribution is 2.31. The Labute approximate surface area is 177 Å². The first-order chi connectivity index (χ1) is 14.5. The summed E-state index contributed by atoms with van der Waals surface area (Å²) in [6.07, 6.45) is 1.54. The number of oxazole rings is 1. The number of nitrogens with zero attached hydrogens (tertiary/aromatic N) is 1. The summed E-state index contributed by atoms with van der Waals surface area (Å²) in [5.41, 5.74) is 2.02. The largest absolute Gasteiger partial charge is 0.495 e. The number of hydrogen-bond donors (Lipinski definition) is 1. The van der Waals surface area contributed by atoms with Crippen LogP contribution < -0.4 is 10.1 Å². The molecule has 30 heavy (non-hydrogen) atoms. The van der Waals surface area contributed by atoms with Crippen molar-refractivity contribution in [1.29, 1.82) is 0 Å². The Bertz CT molecular complexity index is 1210. The van der Waals surface area contributed by atoms with Gasteiger partial charge in [-0.2, -0.15) is 0 Å². The Kier molecular flexibility index (Phi) is 5.50. The summed E-state index contributed by atoms with van der Waals surface area (Å²) in [4.78, 5) is 17.3. The minimum Gasteiger partial charge on any atom is -0.495 e. The number of carbonyl (C=O) groups excluding carboxylic acids is 1. The lowest BCUT2D eigenvalue weighted by Gasteiger charge is -2.12. The van der Waals surface area contributed by atoms with Crippen molar-refractivity contribution >= 4 is 23.2 Å². The number of aromatic nitrogens is 1. The number of nitrogens with one attached hydrogen (secondary N) is 1. The molecule has 4 aromatic rings. The van der Waals surface area contributed by atoms with E-state index < -0.39 is 0 Å². The standard InChI is InChI=1S/C23H16ClFN2O3/c1-29-20-11-8-15(24)12-19(20)27-22(28)17-4-2-3-5-18(17)23-26-13-21(30-23)14-6-9-16(25)10-7-14/h2-13H,1H3,(H,27,28). The van der Waals surface area contributed by atoms with Gasteiger partial charge in [-0.05, 0) is 54.6 Å². The quantitative estimate of drug-likeness (QED) is 0.424. The minimum absolute atomic E-state index is 0.276. The predicted molar refractivity (Wildman–Crippen MR) is 113 cm³/mol. The highest BCUT2D eigenvalue weighted by atomic mass is 35.5. The summed E-state index contributed by atoms with van der Waals surface area (Å²) >= 11 is 6.05. The van der Waals surface area contributed by atoms with Gasteiger partial charge in [-0.15, -0.1) is 0 Å². The molecule has 5 nitrogen and oxygen atoms in total. The molecule has 7 heteroatoms. The van der Waals surface area contributed by atoms with Crippen molar-refractivity contribution in [2.45, 2.75) is 0 Å². The highest BCUT2D eigenvalue weighted by Gasteiger charge is 2.18. The number of methoxy groups -OCH3 is 1. The Balaban J connectivity index is 1.66. The smallest absolute Gasteiger partial charge is 0.256 e. The van der Waals surface area contributed by atoms with Crippen molar-refractivity contribution in [2.75, 3.05) is 12.4 Å². The lowest BCUT2D eigenvalue weighted by Crippen LogP contribution is -2.14. The molecule has 0 aliphatic heterocycles. The summed E-state index contributed by atoms with van der Waals surface area (Å²) in [6, 6.07) is 17.8. The first kappa shape index (κ1) is 19.7. The third-order valence-corrected chi connectivity index (χ3v) is 4.68. The van der Waals surface area contributed by atoms with Crippen LogP contribution in [0.4, 0.5) is 10.1 Å². The zero-order chi connectivity index (χ0) is 21.1. The van der Waals surface area contributed by atoms with Gasteiger partial charge >= 0.3 is 0 Å². The molecule has 0 aliphatic carbocycles. The fourth-order valence-corrected chi connectivity index (χ4v) is 3.15. The maximum Gasteiger partial charge on any atom is 0.256 e. The molecule has 0 fully saturated rings. The van der Waals surface area contributed by atoms with Crippen molar-refractivity contribution in [3.63, 3.8) is 0 Å². The topological polar surface area (TPSA) is 64.4 Å². The second-order valence-electron chi connectivity index (χ2n) is 6.38. The van der Waals surface area contributed by atoms with Gasteiger partial charge in [-0.1, -0.05) is 23.7 Å². The third kappa shape index (κ3) is 4.04. The first-order valence-corrected chi connectivity index (χ1v) is 9.39. The van der Waals surface area contributed by atoms with E-state index in [1.165, 1.54) is 25.4 Å². The van der Waals surface area contributed by atoms with Crippen molar-refractivity contribution in [3.8, 4) is 28.5 Å². The number of amides is 1. The Morgan fingerprint density at radius 1 is 1.10 bits per heavy atom. The maximum absolute atomic E-state index is 13.2. The summed E-state index contributed by atoms with van der Waals surface area (Å²) in [7, 11) is 1.51. The number of ether oxygens (including phenoxy) is 1. The van der Waals surface area contributed by atoms with Gasteiger partial charge < -0.3 is 14.5 Å². The van der Waals surface area contributed by atoms with Gasteiger partial charge in [0.05, 0.1) is 24.6 Å². The molecule has 4 rings (SSSR count). The summed E-state index contributed by atoms with van der Waals surface area (Å²) < 4.78 is 24.3. The molecule has 0 saturated carbocycles. The van der Waals surface area contributed by atoms with Crippen LogP contribution in [-0.2, 0) is 0 Å². The summed E-state index contributed by atoms with van der Waals surface area (Å²) in [5, 5.41) is 3.28. The Morgan fingerprint density at radius 2 is 1.87 bits per heavy atom. The van der Waals surface area contributed by atoms with E-state index in [0.717, 1.165) is 0 Å². The fraction of sp³-hybridized carbons (Fsp3) is 0.0435. The molecule has 1 amide bonds. The number of anilines is 1. The predicted octanol–water partition coefficient (Wildman–Crippen LogP) is 6.06. The van der Waals surface area contributed by atoms with Gasteiger partial charge in [-0.25, -0.2) is 9.37 Å². The zero-order valence-corrected chi connectivity index (χ0v) is 16.6. The normalized spacial score (nSPS) is 10.6. The number of benzene rings is 3. The van der Waals surface area contributed by atoms with Crippen molar-refractivity contribution in [1.82, 2.24) is 4.98 Å². The van der Waals surface area contributed by atoms with Gasteiger partial charge in [0.2, 0.25) is 5.89 Å². The fourth-order valence-electron chi connectivity index (χ4n) is 2.98. The Hall–Kier alpha value is -3.64. The molecule has 0 radical (unpaired) electrons. The van der Waals surface area contributed by atoms with Gasteiger partial charge in [0.15, 0.2) is 5.76 Å². The molecular weight excluding hydrogens is 407 g/mol. The van der Waals surface area contributed by atoms with E-state index in [1.807, 2.05) is 0 Å². The van der Waals surface area contributed by atoms with Crippen LogP contribution in [0.25, 0.3) is 22.8 Å². The monoisotopic (exact) mass is 422 g/mol. The molecule has 0 saturated heterocycles. The molecule has 0 spiro atoms. The lowest BCUT2D eigenvalue weighted by atomic mass is 10.1. The molecule has 0 unspecified atom stereocenters. The molecule has 1 aromatic heterocycles. The molecule has 1 heterocycles. The summed E-state index contributed by atoms with van der Waals surface area (Å²) in [6.45, 7) is 0. The van der Waals surface area contributed by atoms with E-state index in [2.05, 4.69) is 10.3 Å². The van der Waals surface area contributed by atoms with Crippen LogP contribution in [0.1, 0.15) is 10.4 Å². The minimum atomic E-state index is -0.368. The van der Waals surface area contributed by atoms with Crippen molar-refractivity contribution in [3.05, 3.63) is 89.3 Å². The molecule has 0 bridgehead atoms. The number of carbonyl (C=O) groups is 1. The van der Waals surface area contributed by atoms with E-state index in [-0.39, 0.29) is 17.6 Å². The van der Waals surface area contributed by atoms with Gasteiger partial charge in [-0.3, -0.25) is 4.79 Å². The number of halogens is 2. The van der Waals surface area contributed by atoms with Crippen LogP contribution in [0.2, 0.25) is 5.02 Å². The van der Waals surface area contributed by atoms with E-state index in [1.54, 1.807) is 54.6 Å². The Morgan fingerprint density at radius 3 is 2.63 bits per heavy atom. The van der Waals surface area contributed by atoms with Gasteiger partial charge in [0, 0.05) is 16.1 Å². The van der Waals surface area contributed by atoms with Crippen molar-refractivity contribution < 1.29 is 18.3 Å². The van der Waals surface area contributed by atoms with E-state index in [9.17, 15) is 9.18 Å². The first-order valence-electron chi connectivity index (χ1n) is 9.01. The lowest BCUT2D eigenvalue weighted by molar-refractivity contribution is 0.102. The van der Waals surface area contributed by atoms with Crippen LogP contribution in [-0.4, -0.2) is 18.0 Å². The van der Waals surface area contributed by atoms with Crippen LogP contribution >= 0.6 is 11.6 Å². The van der Waals surface area contributed by atoms with Crippen molar-refractivity contribution in [2.24, 2.45) is 0 Å². The number of hydrogen-bond acceptors (Lipinski definition) is 4. The van der Waals surface area contributed by atoms with Crippen LogP contribution in [0.5, 0.6) is 5.75 Å². The average molecular weight is 423 g/mol. The highest BCUT2D eigenvalue weighted by molar-refractivity contribution is 6.31. The van der Waals surface area contributed by atoms with E-state index in [0.29, 0.717) is 38.9 Å². The molecule has 0 aliphatic rings. The van der Waals surface area contributed by atoms with Gasteiger partial charge in [0.1, 0.15) is 11.6 Å². The van der Waals surface area contributed by atoms with Crippen LogP contribution in [0.3, 0.4) is 0 Å². The second-order valence-corrected chi connectivity index (χ2v) is 6.82. The van der Waals surface area contributed by atoms with Crippen LogP contribution in [0.15, 0.2) is 77.3 Å². The molecule has 1 N–H and O–H groups in total.